The van der Waals surface area contributed by atoms with Gasteiger partial charge in [-0.05, 0) is 24.3 Å². The van der Waals surface area contributed by atoms with E-state index in [1.54, 1.807) is 51.1 Å². The summed E-state index contributed by atoms with van der Waals surface area (Å²) >= 11 is 0. The Balaban J connectivity index is 1.89. The molecule has 0 aliphatic carbocycles. The molecule has 0 saturated carbocycles. The highest BCUT2D eigenvalue weighted by atomic mass is 19.1. The molecule has 2 aliphatic rings. The number of halogens is 2. The number of carbonyl (C=O) groups excluding carboxylic acids is 3. The molecule has 31 heavy (non-hydrogen) atoms. The summed E-state index contributed by atoms with van der Waals surface area (Å²) in [4.78, 5) is 44.3. The number of hydrogen-bond donors (Lipinski definition) is 0. The summed E-state index contributed by atoms with van der Waals surface area (Å²) in [7, 11) is 0. The maximum atomic E-state index is 14.9. The molecule has 2 aliphatic heterocycles. The van der Waals surface area contributed by atoms with E-state index in [1.807, 2.05) is 0 Å². The first-order valence-corrected chi connectivity index (χ1v) is 9.75. The Labute approximate surface area is 177 Å². The van der Waals surface area contributed by atoms with Gasteiger partial charge in [-0.1, -0.05) is 39.0 Å². The summed E-state index contributed by atoms with van der Waals surface area (Å²) in [6.45, 7) is 5.17. The molecular weight excluding hydrogens is 406 g/mol. The summed E-state index contributed by atoms with van der Waals surface area (Å²) in [5.74, 6) is -5.17. The fraction of sp³-hybridized carbons (Fsp3) is 0.304. The van der Waals surface area contributed by atoms with Crippen molar-refractivity contribution in [1.29, 1.82) is 0 Å². The largest absolute Gasteiger partial charge is 0.427 e. The normalized spacial score (nSPS) is 23.9. The lowest BCUT2D eigenvalue weighted by Gasteiger charge is -2.30. The number of aliphatic imine (C=N–C) groups is 1. The maximum absolute atomic E-state index is 14.9. The monoisotopic (exact) mass is 426 g/mol. The standard InChI is InChI=1S/C23H20F2N2O4/c1-22(2,3)19-21(30)31-23(26-19,15-10-9-13(24)11-17(15)25)16-12-18(28)27(20(16)29)14-7-5-4-6-8-14/h4-11,16H,12H2,1-3H3/t16-,23+/m1/s1. The first-order valence-electron chi connectivity index (χ1n) is 9.75. The molecular formula is C23H20F2N2O4. The Morgan fingerprint density at radius 1 is 1.06 bits per heavy atom. The van der Waals surface area contributed by atoms with Crippen LogP contribution in [0.1, 0.15) is 32.8 Å². The minimum absolute atomic E-state index is 0.00892. The van der Waals surface area contributed by atoms with Gasteiger partial charge in [0.05, 0.1) is 11.3 Å². The average molecular weight is 426 g/mol. The van der Waals surface area contributed by atoms with Crippen molar-refractivity contribution in [1.82, 2.24) is 0 Å². The van der Waals surface area contributed by atoms with Crippen LogP contribution in [0.4, 0.5) is 14.5 Å². The molecule has 1 saturated heterocycles. The summed E-state index contributed by atoms with van der Waals surface area (Å²) in [5, 5.41) is 0. The minimum atomic E-state index is -2.10. The Kier molecular flexibility index (Phi) is 4.76. The van der Waals surface area contributed by atoms with Crippen molar-refractivity contribution in [2.45, 2.75) is 32.9 Å². The van der Waals surface area contributed by atoms with Gasteiger partial charge in [0, 0.05) is 17.9 Å². The fourth-order valence-electron chi connectivity index (χ4n) is 3.92. The van der Waals surface area contributed by atoms with Crippen LogP contribution in [-0.4, -0.2) is 23.5 Å². The zero-order valence-electron chi connectivity index (χ0n) is 17.2. The molecule has 2 amide bonds. The van der Waals surface area contributed by atoms with E-state index >= 15 is 0 Å². The second-order valence-corrected chi connectivity index (χ2v) is 8.58. The van der Waals surface area contributed by atoms with Gasteiger partial charge in [-0.3, -0.25) is 14.5 Å². The van der Waals surface area contributed by atoms with Crippen LogP contribution in [0.3, 0.4) is 0 Å². The number of para-hydroxylation sites is 1. The van der Waals surface area contributed by atoms with E-state index in [2.05, 4.69) is 4.99 Å². The van der Waals surface area contributed by atoms with Gasteiger partial charge >= 0.3 is 5.97 Å². The summed E-state index contributed by atoms with van der Waals surface area (Å²) < 4.78 is 34.1. The molecule has 6 nitrogen and oxygen atoms in total. The Morgan fingerprint density at radius 3 is 2.32 bits per heavy atom. The van der Waals surface area contributed by atoms with E-state index in [1.165, 1.54) is 0 Å². The van der Waals surface area contributed by atoms with Crippen molar-refractivity contribution >= 4 is 29.2 Å². The summed E-state index contributed by atoms with van der Waals surface area (Å²) in [5.41, 5.74) is -2.79. The highest BCUT2D eigenvalue weighted by Crippen LogP contribution is 2.47. The van der Waals surface area contributed by atoms with Gasteiger partial charge in [-0.15, -0.1) is 0 Å². The van der Waals surface area contributed by atoms with Gasteiger partial charge in [-0.25, -0.2) is 18.6 Å². The van der Waals surface area contributed by atoms with Gasteiger partial charge < -0.3 is 4.74 Å². The second-order valence-electron chi connectivity index (χ2n) is 8.58. The van der Waals surface area contributed by atoms with E-state index in [0.717, 1.165) is 17.0 Å². The number of hydrogen-bond acceptors (Lipinski definition) is 5. The van der Waals surface area contributed by atoms with Crippen LogP contribution >= 0.6 is 0 Å². The van der Waals surface area contributed by atoms with Crippen molar-refractivity contribution in [2.24, 2.45) is 16.3 Å². The van der Waals surface area contributed by atoms with Gasteiger partial charge in [0.2, 0.25) is 17.5 Å². The predicted octanol–water partition coefficient (Wildman–Crippen LogP) is 3.74. The molecule has 2 heterocycles. The zero-order chi connectivity index (χ0) is 22.6. The van der Waals surface area contributed by atoms with E-state index in [4.69, 9.17) is 4.74 Å². The number of benzene rings is 2. The first-order chi connectivity index (χ1) is 14.5. The molecule has 0 radical (unpaired) electrons. The number of esters is 1. The van der Waals surface area contributed by atoms with E-state index in [0.29, 0.717) is 11.8 Å². The number of carbonyl (C=O) groups is 3. The molecule has 160 valence electrons. The summed E-state index contributed by atoms with van der Waals surface area (Å²) in [6, 6.07) is 11.0. The van der Waals surface area contributed by atoms with Gasteiger partial charge in [0.1, 0.15) is 23.3 Å². The Morgan fingerprint density at radius 2 is 1.74 bits per heavy atom. The third-order valence-corrected chi connectivity index (χ3v) is 5.38. The number of imide groups is 1. The van der Waals surface area contributed by atoms with Crippen LogP contribution < -0.4 is 4.90 Å². The molecule has 4 rings (SSSR count). The average Bonchev–Trinajstić information content (AvgIpc) is 3.19. The highest BCUT2D eigenvalue weighted by Gasteiger charge is 2.60. The van der Waals surface area contributed by atoms with E-state index in [9.17, 15) is 23.2 Å². The number of rotatable bonds is 3. The molecule has 0 spiro atoms. The fourth-order valence-corrected chi connectivity index (χ4v) is 3.92. The number of nitrogens with zero attached hydrogens (tertiary/aromatic N) is 2. The Hall–Kier alpha value is -3.42. The number of amides is 2. The SMILES string of the molecule is CC(C)(C)C1=N[C@](c2ccc(F)cc2F)([C@@H]2CC(=O)N(c3ccccc3)C2=O)OC1=O. The molecule has 0 unspecified atom stereocenters. The number of anilines is 1. The predicted molar refractivity (Wildman–Crippen MR) is 108 cm³/mol. The molecule has 0 bridgehead atoms. The van der Waals surface area contributed by atoms with Crippen molar-refractivity contribution in [3.63, 3.8) is 0 Å². The number of cyclic esters (lactones) is 1. The molecule has 0 N–H and O–H groups in total. The highest BCUT2D eigenvalue weighted by molar-refractivity contribution is 6.39. The zero-order valence-corrected chi connectivity index (χ0v) is 17.2. The maximum Gasteiger partial charge on any atom is 0.355 e. The molecule has 8 heteroatoms. The molecule has 1 fully saturated rings. The van der Waals surface area contributed by atoms with Crippen LogP contribution in [0.5, 0.6) is 0 Å². The molecule has 2 aromatic carbocycles. The van der Waals surface area contributed by atoms with E-state index in [-0.39, 0.29) is 17.7 Å². The topological polar surface area (TPSA) is 76.0 Å². The quantitative estimate of drug-likeness (QED) is 0.554. The van der Waals surface area contributed by atoms with Crippen LogP contribution in [-0.2, 0) is 24.8 Å². The molecule has 2 atom stereocenters. The van der Waals surface area contributed by atoms with Crippen LogP contribution in [0.15, 0.2) is 53.5 Å². The lowest BCUT2D eigenvalue weighted by atomic mass is 9.86. The van der Waals surface area contributed by atoms with E-state index < -0.39 is 46.5 Å². The molecule has 0 aromatic heterocycles. The summed E-state index contributed by atoms with van der Waals surface area (Å²) in [6.07, 6.45) is -0.348. The lowest BCUT2D eigenvalue weighted by molar-refractivity contribution is -0.156. The van der Waals surface area contributed by atoms with Crippen molar-refractivity contribution in [3.05, 3.63) is 65.7 Å². The van der Waals surface area contributed by atoms with Gasteiger partial charge in [0.15, 0.2) is 0 Å². The smallest absolute Gasteiger partial charge is 0.355 e. The number of ether oxygens (including phenoxy) is 1. The van der Waals surface area contributed by atoms with Crippen LogP contribution in [0, 0.1) is 23.0 Å². The van der Waals surface area contributed by atoms with Crippen molar-refractivity contribution in [3.8, 4) is 0 Å². The van der Waals surface area contributed by atoms with Gasteiger partial charge in [-0.2, -0.15) is 0 Å². The second kappa shape index (κ2) is 7.08. The van der Waals surface area contributed by atoms with Crippen LogP contribution in [0.25, 0.3) is 0 Å². The third kappa shape index (κ3) is 3.32. The minimum Gasteiger partial charge on any atom is -0.427 e. The van der Waals surface area contributed by atoms with Crippen LogP contribution in [0.2, 0.25) is 0 Å². The molecule has 2 aromatic rings. The van der Waals surface area contributed by atoms with Gasteiger partial charge in [0.25, 0.3) is 0 Å². The lowest BCUT2D eigenvalue weighted by Crippen LogP contribution is -2.41. The van der Waals surface area contributed by atoms with Crippen molar-refractivity contribution in [2.75, 3.05) is 4.90 Å². The third-order valence-electron chi connectivity index (χ3n) is 5.38. The first kappa shape index (κ1) is 20.8. The Bertz CT molecular complexity index is 1120. The van der Waals surface area contributed by atoms with Crippen molar-refractivity contribution < 1.29 is 27.9 Å².